The third kappa shape index (κ3) is 5.05. The Labute approximate surface area is 127 Å². The number of aliphatic hydroxyl groups is 1. The van der Waals surface area contributed by atoms with Crippen LogP contribution in [0.1, 0.15) is 32.1 Å². The van der Waals surface area contributed by atoms with E-state index in [0.29, 0.717) is 11.4 Å². The van der Waals surface area contributed by atoms with E-state index in [-0.39, 0.29) is 0 Å². The molecule has 1 N–H and O–H groups in total. The van der Waals surface area contributed by atoms with E-state index in [9.17, 15) is 5.11 Å². The van der Waals surface area contributed by atoms with Gasteiger partial charge in [0.25, 0.3) is 0 Å². The second-order valence-corrected chi connectivity index (χ2v) is 5.64. The summed E-state index contributed by atoms with van der Waals surface area (Å²) < 4.78 is 1.81. The molecule has 20 heavy (non-hydrogen) atoms. The second kappa shape index (κ2) is 8.62. The molecule has 0 spiro atoms. The van der Waals surface area contributed by atoms with Crippen LogP contribution in [0.25, 0.3) is 0 Å². The molecule has 1 unspecified atom stereocenters. The minimum Gasteiger partial charge on any atom is -0.387 e. The first-order valence-corrected chi connectivity index (χ1v) is 7.63. The molecule has 0 saturated carbocycles. The first-order chi connectivity index (χ1) is 9.49. The molecular weight excluding hydrogens is 276 g/mol. The largest absolute Gasteiger partial charge is 0.387 e. The molecule has 1 rings (SSSR count). The van der Waals surface area contributed by atoms with Crippen molar-refractivity contribution >= 4 is 11.6 Å². The van der Waals surface area contributed by atoms with Gasteiger partial charge in [0.05, 0.1) is 29.6 Å². The Morgan fingerprint density at radius 2 is 1.95 bits per heavy atom. The van der Waals surface area contributed by atoms with E-state index in [1.165, 1.54) is 0 Å². The minimum absolute atomic E-state index is 0.552. The van der Waals surface area contributed by atoms with Gasteiger partial charge in [-0.3, -0.25) is 4.68 Å². The van der Waals surface area contributed by atoms with E-state index in [2.05, 4.69) is 28.7 Å². The molecule has 116 valence electrons. The third-order valence-electron chi connectivity index (χ3n) is 3.52. The average molecular weight is 303 g/mol. The minimum atomic E-state index is -0.562. The smallest absolute Gasteiger partial charge is 0.0984 e. The van der Waals surface area contributed by atoms with Crippen molar-refractivity contribution in [1.82, 2.24) is 19.6 Å². The first-order valence-electron chi connectivity index (χ1n) is 7.25. The van der Waals surface area contributed by atoms with Crippen molar-refractivity contribution in [1.29, 1.82) is 0 Å². The lowest BCUT2D eigenvalue weighted by atomic mass is 10.1. The summed E-state index contributed by atoms with van der Waals surface area (Å²) in [6, 6.07) is 0. The molecule has 0 aliphatic heterocycles. The maximum atomic E-state index is 10.4. The summed E-state index contributed by atoms with van der Waals surface area (Å²) in [6.07, 6.45) is 1.73. The lowest BCUT2D eigenvalue weighted by Crippen LogP contribution is -2.26. The lowest BCUT2D eigenvalue weighted by Gasteiger charge is -2.21. The third-order valence-corrected chi connectivity index (χ3v) is 3.81. The van der Waals surface area contributed by atoms with Gasteiger partial charge in [0, 0.05) is 13.1 Å². The van der Waals surface area contributed by atoms with E-state index in [1.54, 1.807) is 6.20 Å². The molecule has 1 aromatic heterocycles. The molecular formula is C14H27ClN4O. The monoisotopic (exact) mass is 302 g/mol. The lowest BCUT2D eigenvalue weighted by molar-refractivity contribution is 0.135. The van der Waals surface area contributed by atoms with E-state index < -0.39 is 6.10 Å². The molecule has 1 atom stereocenters. The second-order valence-electron chi connectivity index (χ2n) is 5.24. The molecule has 0 aliphatic carbocycles. The van der Waals surface area contributed by atoms with E-state index in [1.807, 2.05) is 18.8 Å². The van der Waals surface area contributed by atoms with Crippen LogP contribution < -0.4 is 0 Å². The Morgan fingerprint density at radius 1 is 1.30 bits per heavy atom. The van der Waals surface area contributed by atoms with Gasteiger partial charge in [0.2, 0.25) is 0 Å². The Hall–Kier alpha value is -0.620. The fourth-order valence-electron chi connectivity index (χ4n) is 2.16. The van der Waals surface area contributed by atoms with Crippen LogP contribution in [0.5, 0.6) is 0 Å². The molecule has 0 bridgehead atoms. The predicted molar refractivity (Wildman–Crippen MR) is 83.2 cm³/mol. The first kappa shape index (κ1) is 17.4. The highest BCUT2D eigenvalue weighted by Gasteiger charge is 2.18. The number of likely N-dealkylation sites (N-methyl/N-ethyl adjacent to an activating group) is 1. The summed E-state index contributed by atoms with van der Waals surface area (Å²) in [4.78, 5) is 4.37. The van der Waals surface area contributed by atoms with Crippen molar-refractivity contribution in [2.45, 2.75) is 32.9 Å². The summed E-state index contributed by atoms with van der Waals surface area (Å²) >= 11 is 6.17. The van der Waals surface area contributed by atoms with Gasteiger partial charge in [-0.05, 0) is 33.6 Å². The van der Waals surface area contributed by atoms with Crippen molar-refractivity contribution in [2.75, 3.05) is 40.3 Å². The number of aliphatic hydroxyl groups excluding tert-OH is 1. The van der Waals surface area contributed by atoms with Crippen LogP contribution in [-0.2, 0) is 6.54 Å². The predicted octanol–water partition coefficient (Wildman–Crippen LogP) is 1.86. The summed E-state index contributed by atoms with van der Waals surface area (Å²) in [5.41, 5.74) is 0.737. The molecule has 0 aromatic carbocycles. The van der Waals surface area contributed by atoms with Gasteiger partial charge < -0.3 is 14.9 Å². The van der Waals surface area contributed by atoms with E-state index in [4.69, 9.17) is 11.6 Å². The van der Waals surface area contributed by atoms with E-state index in [0.717, 1.165) is 38.4 Å². The van der Waals surface area contributed by atoms with Gasteiger partial charge in [-0.15, -0.1) is 0 Å². The normalized spacial score (nSPS) is 13.4. The van der Waals surface area contributed by atoms with Crippen LogP contribution in [-0.4, -0.2) is 65.0 Å². The Kier molecular flexibility index (Phi) is 7.51. The SMILES string of the molecule is CCN(CC)CCC(O)c1c(Cl)cnn1CCN(C)C. The van der Waals surface area contributed by atoms with Gasteiger partial charge in [-0.2, -0.15) is 5.10 Å². The molecule has 0 saturated heterocycles. The number of hydrogen-bond acceptors (Lipinski definition) is 4. The van der Waals surface area contributed by atoms with Crippen molar-refractivity contribution in [3.8, 4) is 0 Å². The average Bonchev–Trinajstić information content (AvgIpc) is 2.78. The molecule has 1 heterocycles. The van der Waals surface area contributed by atoms with Crippen LogP contribution in [0.4, 0.5) is 0 Å². The van der Waals surface area contributed by atoms with Gasteiger partial charge in [0.15, 0.2) is 0 Å². The maximum absolute atomic E-state index is 10.4. The Bertz CT molecular complexity index is 391. The van der Waals surface area contributed by atoms with Gasteiger partial charge >= 0.3 is 0 Å². The maximum Gasteiger partial charge on any atom is 0.0984 e. The number of aromatic nitrogens is 2. The summed E-state index contributed by atoms with van der Waals surface area (Å²) in [7, 11) is 4.03. The van der Waals surface area contributed by atoms with E-state index >= 15 is 0 Å². The van der Waals surface area contributed by atoms with Crippen molar-refractivity contribution in [3.05, 3.63) is 16.9 Å². The topological polar surface area (TPSA) is 44.5 Å². The summed E-state index contributed by atoms with van der Waals surface area (Å²) in [5.74, 6) is 0. The van der Waals surface area contributed by atoms with Gasteiger partial charge in [-0.1, -0.05) is 25.4 Å². The van der Waals surface area contributed by atoms with Crippen LogP contribution in [0, 0.1) is 0 Å². The zero-order valence-electron chi connectivity index (χ0n) is 13.0. The number of halogens is 1. The molecule has 6 heteroatoms. The number of rotatable bonds is 9. The fourth-order valence-corrected chi connectivity index (χ4v) is 2.42. The highest BCUT2D eigenvalue weighted by atomic mass is 35.5. The van der Waals surface area contributed by atoms with Crippen LogP contribution >= 0.6 is 11.6 Å². The quantitative estimate of drug-likeness (QED) is 0.756. The number of hydrogen-bond donors (Lipinski definition) is 1. The standard InChI is InChI=1S/C14H27ClN4O/c1-5-18(6-2)8-7-13(20)14-12(15)11-16-19(14)10-9-17(3)4/h11,13,20H,5-10H2,1-4H3. The molecule has 1 aromatic rings. The zero-order valence-corrected chi connectivity index (χ0v) is 13.8. The van der Waals surface area contributed by atoms with Crippen molar-refractivity contribution in [2.24, 2.45) is 0 Å². The zero-order chi connectivity index (χ0) is 15.1. The molecule has 0 radical (unpaired) electrons. The van der Waals surface area contributed by atoms with Gasteiger partial charge in [0.1, 0.15) is 0 Å². The summed E-state index contributed by atoms with van der Waals surface area (Å²) in [5, 5.41) is 15.2. The summed E-state index contributed by atoms with van der Waals surface area (Å²) in [6.45, 7) is 8.72. The van der Waals surface area contributed by atoms with Crippen LogP contribution in [0.2, 0.25) is 5.02 Å². The molecule has 0 aliphatic rings. The van der Waals surface area contributed by atoms with Crippen LogP contribution in [0.3, 0.4) is 0 Å². The van der Waals surface area contributed by atoms with Gasteiger partial charge in [-0.25, -0.2) is 0 Å². The van der Waals surface area contributed by atoms with Crippen molar-refractivity contribution < 1.29 is 5.11 Å². The Balaban J connectivity index is 2.66. The molecule has 0 fully saturated rings. The highest BCUT2D eigenvalue weighted by Crippen LogP contribution is 2.25. The number of nitrogens with zero attached hydrogens (tertiary/aromatic N) is 4. The van der Waals surface area contributed by atoms with Crippen LogP contribution in [0.15, 0.2) is 6.20 Å². The fraction of sp³-hybridized carbons (Fsp3) is 0.786. The highest BCUT2D eigenvalue weighted by molar-refractivity contribution is 6.31. The van der Waals surface area contributed by atoms with Crippen molar-refractivity contribution in [3.63, 3.8) is 0 Å². The Morgan fingerprint density at radius 3 is 2.50 bits per heavy atom. The molecule has 5 nitrogen and oxygen atoms in total. The molecule has 0 amide bonds.